The molecule has 3 heterocycles. The molecule has 0 bridgehead atoms. The molecule has 0 aromatic carbocycles. The Labute approximate surface area is 109 Å². The topological polar surface area (TPSA) is 42.2 Å². The first-order valence-corrected chi connectivity index (χ1v) is 6.20. The Balaban J connectivity index is 2.10. The molecule has 2 aromatic rings. The second-order valence-electron chi connectivity index (χ2n) is 4.63. The molecule has 0 atom stereocenters. The maximum absolute atomic E-state index is 12.6. The molecular weight excluding hydrogens is 250 g/mol. The zero-order valence-electron chi connectivity index (χ0n) is 10.5. The van der Waals surface area contributed by atoms with Crippen molar-refractivity contribution in [2.45, 2.75) is 19.8 Å². The van der Waals surface area contributed by atoms with Crippen molar-refractivity contribution in [1.29, 1.82) is 0 Å². The van der Waals surface area contributed by atoms with Crippen LogP contribution in [0.15, 0.2) is 18.3 Å². The minimum atomic E-state index is -2.64. The first kappa shape index (κ1) is 12.2. The fourth-order valence-electron chi connectivity index (χ4n) is 2.34. The molecule has 3 rings (SSSR count). The summed E-state index contributed by atoms with van der Waals surface area (Å²) in [6.45, 7) is 3.74. The van der Waals surface area contributed by atoms with Crippen LogP contribution in [0.5, 0.6) is 0 Å². The average Bonchev–Trinajstić information content (AvgIpc) is 2.82. The Morgan fingerprint density at radius 1 is 1.42 bits per heavy atom. The minimum absolute atomic E-state index is 0.421. The Morgan fingerprint density at radius 3 is 2.95 bits per heavy atom. The SMILES string of the molecule is Cc1cc2nc(C(F)F)nn2cc1C1=CCNCC1. The molecule has 0 saturated carbocycles. The van der Waals surface area contributed by atoms with Crippen molar-refractivity contribution in [1.82, 2.24) is 19.9 Å². The van der Waals surface area contributed by atoms with Crippen molar-refractivity contribution in [3.8, 4) is 0 Å². The van der Waals surface area contributed by atoms with E-state index in [1.807, 2.05) is 6.92 Å². The van der Waals surface area contributed by atoms with E-state index in [1.165, 1.54) is 10.1 Å². The van der Waals surface area contributed by atoms with Crippen LogP contribution in [-0.2, 0) is 0 Å². The van der Waals surface area contributed by atoms with Gasteiger partial charge in [-0.2, -0.15) is 0 Å². The molecule has 1 N–H and O–H groups in total. The van der Waals surface area contributed by atoms with Gasteiger partial charge in [-0.15, -0.1) is 5.10 Å². The highest BCUT2D eigenvalue weighted by Crippen LogP contribution is 2.24. The van der Waals surface area contributed by atoms with E-state index in [0.717, 1.165) is 30.6 Å². The summed E-state index contributed by atoms with van der Waals surface area (Å²) in [4.78, 5) is 3.83. The Bertz CT molecular complexity index is 645. The van der Waals surface area contributed by atoms with E-state index in [0.29, 0.717) is 5.65 Å². The van der Waals surface area contributed by atoms with Crippen LogP contribution in [0.4, 0.5) is 8.78 Å². The van der Waals surface area contributed by atoms with Gasteiger partial charge in [-0.1, -0.05) is 6.08 Å². The summed E-state index contributed by atoms with van der Waals surface area (Å²) < 4.78 is 26.6. The molecule has 6 heteroatoms. The predicted octanol–water partition coefficient (Wildman–Crippen LogP) is 2.35. The largest absolute Gasteiger partial charge is 0.313 e. The summed E-state index contributed by atoms with van der Waals surface area (Å²) >= 11 is 0. The number of nitrogens with one attached hydrogen (secondary N) is 1. The van der Waals surface area contributed by atoms with Crippen LogP contribution < -0.4 is 5.32 Å². The Morgan fingerprint density at radius 2 is 2.26 bits per heavy atom. The van der Waals surface area contributed by atoms with Crippen LogP contribution in [0.2, 0.25) is 0 Å². The zero-order chi connectivity index (χ0) is 13.4. The van der Waals surface area contributed by atoms with Gasteiger partial charge < -0.3 is 5.32 Å². The molecule has 0 aliphatic carbocycles. The number of aryl methyl sites for hydroxylation is 1. The van der Waals surface area contributed by atoms with Crippen molar-refractivity contribution in [2.24, 2.45) is 0 Å². The summed E-state index contributed by atoms with van der Waals surface area (Å²) in [5, 5.41) is 7.07. The van der Waals surface area contributed by atoms with Gasteiger partial charge >= 0.3 is 0 Å². The maximum atomic E-state index is 12.6. The van der Waals surface area contributed by atoms with Crippen molar-refractivity contribution in [3.05, 3.63) is 35.3 Å². The van der Waals surface area contributed by atoms with E-state index in [-0.39, 0.29) is 0 Å². The molecule has 0 unspecified atom stereocenters. The number of alkyl halides is 2. The van der Waals surface area contributed by atoms with E-state index in [9.17, 15) is 8.78 Å². The highest BCUT2D eigenvalue weighted by Gasteiger charge is 2.16. The lowest BCUT2D eigenvalue weighted by Gasteiger charge is -2.16. The van der Waals surface area contributed by atoms with Gasteiger partial charge in [0.1, 0.15) is 0 Å². The molecule has 0 saturated heterocycles. The summed E-state index contributed by atoms with van der Waals surface area (Å²) in [6.07, 6.45) is 2.22. The number of nitrogens with zero attached hydrogens (tertiary/aromatic N) is 3. The minimum Gasteiger partial charge on any atom is -0.313 e. The molecule has 2 aromatic heterocycles. The fourth-order valence-corrected chi connectivity index (χ4v) is 2.34. The molecule has 0 fully saturated rings. The third-order valence-electron chi connectivity index (χ3n) is 3.30. The number of hydrogen-bond acceptors (Lipinski definition) is 3. The summed E-state index contributed by atoms with van der Waals surface area (Å²) in [5.74, 6) is -0.421. The van der Waals surface area contributed by atoms with E-state index >= 15 is 0 Å². The molecule has 0 radical (unpaired) electrons. The van der Waals surface area contributed by atoms with E-state index in [1.54, 1.807) is 12.3 Å². The van der Waals surface area contributed by atoms with Crippen LogP contribution in [0.1, 0.15) is 29.8 Å². The molecule has 19 heavy (non-hydrogen) atoms. The molecule has 4 nitrogen and oxygen atoms in total. The quantitative estimate of drug-likeness (QED) is 0.905. The summed E-state index contributed by atoms with van der Waals surface area (Å²) in [7, 11) is 0. The van der Waals surface area contributed by atoms with Gasteiger partial charge in [0.15, 0.2) is 5.65 Å². The number of rotatable bonds is 2. The Kier molecular flexibility index (Phi) is 3.02. The average molecular weight is 264 g/mol. The Hall–Kier alpha value is -1.82. The molecule has 0 amide bonds. The van der Waals surface area contributed by atoms with Crippen LogP contribution in [0.25, 0.3) is 11.2 Å². The van der Waals surface area contributed by atoms with Gasteiger partial charge in [0.05, 0.1) is 0 Å². The second-order valence-corrected chi connectivity index (χ2v) is 4.63. The molecule has 1 aliphatic rings. The smallest absolute Gasteiger partial charge is 0.299 e. The molecule has 100 valence electrons. The standard InChI is InChI=1S/C13H14F2N4/c1-8-6-11-17-13(12(14)15)18-19(11)7-10(8)9-2-4-16-5-3-9/h2,6-7,12,16H,3-5H2,1H3. The third kappa shape index (κ3) is 2.23. The second kappa shape index (κ2) is 4.70. The number of hydrogen-bond donors (Lipinski definition) is 1. The van der Waals surface area contributed by atoms with Crippen molar-refractivity contribution in [2.75, 3.05) is 13.1 Å². The predicted molar refractivity (Wildman–Crippen MR) is 68.1 cm³/mol. The van der Waals surface area contributed by atoms with E-state index < -0.39 is 12.2 Å². The molecular formula is C13H14F2N4. The summed E-state index contributed by atoms with van der Waals surface area (Å²) in [5.41, 5.74) is 3.78. The van der Waals surface area contributed by atoms with Gasteiger partial charge in [-0.3, -0.25) is 0 Å². The maximum Gasteiger partial charge on any atom is 0.299 e. The van der Waals surface area contributed by atoms with Crippen LogP contribution in [-0.4, -0.2) is 27.7 Å². The van der Waals surface area contributed by atoms with Crippen LogP contribution >= 0.6 is 0 Å². The number of aromatic nitrogens is 3. The number of pyridine rings is 1. The van der Waals surface area contributed by atoms with Crippen molar-refractivity contribution < 1.29 is 8.78 Å². The molecule has 1 aliphatic heterocycles. The van der Waals surface area contributed by atoms with Gasteiger partial charge in [-0.05, 0) is 42.7 Å². The van der Waals surface area contributed by atoms with Crippen molar-refractivity contribution in [3.63, 3.8) is 0 Å². The molecule has 0 spiro atoms. The third-order valence-corrected chi connectivity index (χ3v) is 3.30. The van der Waals surface area contributed by atoms with Crippen molar-refractivity contribution >= 4 is 11.2 Å². The summed E-state index contributed by atoms with van der Waals surface area (Å²) in [6, 6.07) is 1.80. The van der Waals surface area contributed by atoms with Gasteiger partial charge in [0, 0.05) is 12.7 Å². The monoisotopic (exact) mass is 264 g/mol. The highest BCUT2D eigenvalue weighted by atomic mass is 19.3. The lowest BCUT2D eigenvalue weighted by molar-refractivity contribution is 0.140. The number of halogens is 2. The fraction of sp³-hybridized carbons (Fsp3) is 0.385. The zero-order valence-corrected chi connectivity index (χ0v) is 10.5. The van der Waals surface area contributed by atoms with E-state index in [4.69, 9.17) is 0 Å². The van der Waals surface area contributed by atoms with Gasteiger partial charge in [0.25, 0.3) is 6.43 Å². The highest BCUT2D eigenvalue weighted by molar-refractivity contribution is 5.70. The van der Waals surface area contributed by atoms with Crippen LogP contribution in [0.3, 0.4) is 0 Å². The normalized spacial score (nSPS) is 16.1. The number of fused-ring (bicyclic) bond motifs is 1. The lowest BCUT2D eigenvalue weighted by Crippen LogP contribution is -2.20. The van der Waals surface area contributed by atoms with Gasteiger partial charge in [0.2, 0.25) is 5.82 Å². The van der Waals surface area contributed by atoms with Crippen LogP contribution in [0, 0.1) is 6.92 Å². The van der Waals surface area contributed by atoms with E-state index in [2.05, 4.69) is 21.5 Å². The first-order valence-electron chi connectivity index (χ1n) is 6.20. The lowest BCUT2D eigenvalue weighted by atomic mass is 9.98. The first-order chi connectivity index (χ1) is 9.15. The van der Waals surface area contributed by atoms with Gasteiger partial charge in [-0.25, -0.2) is 18.3 Å².